The lowest BCUT2D eigenvalue weighted by Gasteiger charge is -2.39. The first kappa shape index (κ1) is 21.0. The smallest absolute Gasteiger partial charge is 0.193 e. The molecular formula is C18H34O6Si. The lowest BCUT2D eigenvalue weighted by Crippen LogP contribution is -2.52. The van der Waals surface area contributed by atoms with Crippen molar-refractivity contribution in [2.75, 3.05) is 6.61 Å². The van der Waals surface area contributed by atoms with E-state index in [2.05, 4.69) is 33.9 Å². The van der Waals surface area contributed by atoms with Crippen LogP contribution in [0.1, 0.15) is 48.5 Å². The average Bonchev–Trinajstić information content (AvgIpc) is 2.94. The topological polar surface area (TPSA) is 63.2 Å². The summed E-state index contributed by atoms with van der Waals surface area (Å²) in [7, 11) is -2.14. The van der Waals surface area contributed by atoms with Gasteiger partial charge in [-0.1, -0.05) is 20.8 Å². The molecule has 0 aromatic rings. The molecule has 0 unspecified atom stereocenters. The molecule has 0 spiro atoms. The number of rotatable bonds is 5. The fraction of sp³-hybridized carbons (Fsp3) is 0.944. The van der Waals surface area contributed by atoms with Crippen LogP contribution >= 0.6 is 0 Å². The minimum absolute atomic E-state index is 0.00625. The normalized spacial score (nSPS) is 33.4. The Hall–Kier alpha value is -0.313. The van der Waals surface area contributed by atoms with E-state index in [-0.39, 0.29) is 11.1 Å². The fourth-order valence-electron chi connectivity index (χ4n) is 2.93. The second-order valence-electron chi connectivity index (χ2n) is 9.41. The van der Waals surface area contributed by atoms with Gasteiger partial charge in [0.25, 0.3) is 0 Å². The van der Waals surface area contributed by atoms with E-state index >= 15 is 0 Å². The van der Waals surface area contributed by atoms with E-state index in [1.807, 2.05) is 27.7 Å². The monoisotopic (exact) mass is 374 g/mol. The molecule has 0 amide bonds. The minimum atomic E-state index is -2.14. The van der Waals surface area contributed by atoms with Crippen molar-refractivity contribution in [1.82, 2.24) is 0 Å². The standard InChI is InChI=1S/C18H34O6Si/c1-16(2,3)25(8,9)24-12(10-19)14-15(23-18(6,7)22-14)13-11-20-17(4,5)21-13/h10,12-15H,11H2,1-9H3/t12-,13+,14+,15+/m0/s1. The summed E-state index contributed by atoms with van der Waals surface area (Å²) in [6, 6.07) is 0. The molecule has 0 aromatic heterocycles. The van der Waals surface area contributed by atoms with Gasteiger partial charge in [-0.2, -0.15) is 0 Å². The van der Waals surface area contributed by atoms with Gasteiger partial charge in [0.2, 0.25) is 0 Å². The molecule has 2 rings (SSSR count). The van der Waals surface area contributed by atoms with Crippen LogP contribution in [-0.4, -0.2) is 57.2 Å². The number of hydrogen-bond acceptors (Lipinski definition) is 6. The first-order chi connectivity index (χ1) is 11.2. The Kier molecular flexibility index (Phi) is 5.62. The van der Waals surface area contributed by atoms with Crippen LogP contribution < -0.4 is 0 Å². The van der Waals surface area contributed by atoms with Crippen molar-refractivity contribution in [3.63, 3.8) is 0 Å². The highest BCUT2D eigenvalue weighted by molar-refractivity contribution is 6.74. The highest BCUT2D eigenvalue weighted by Crippen LogP contribution is 2.41. The SMILES string of the molecule is CC1(C)O[C@H]([C@H](C=O)O[Si](C)(C)C(C)(C)C)[C@@H]([C@H]2COC(C)(C)O2)O1. The van der Waals surface area contributed by atoms with Crippen LogP contribution in [0.15, 0.2) is 0 Å². The molecule has 0 radical (unpaired) electrons. The van der Waals surface area contributed by atoms with E-state index in [1.165, 1.54) is 0 Å². The molecule has 6 nitrogen and oxygen atoms in total. The highest BCUT2D eigenvalue weighted by atomic mass is 28.4. The minimum Gasteiger partial charge on any atom is -0.404 e. The van der Waals surface area contributed by atoms with E-state index in [0.717, 1.165) is 6.29 Å². The third-order valence-electron chi connectivity index (χ3n) is 5.26. The summed E-state index contributed by atoms with van der Waals surface area (Å²) in [5.41, 5.74) is 0. The molecule has 7 heteroatoms. The molecule has 2 aliphatic heterocycles. The van der Waals surface area contributed by atoms with Gasteiger partial charge in [-0.15, -0.1) is 0 Å². The maximum absolute atomic E-state index is 11.9. The van der Waals surface area contributed by atoms with Crippen LogP contribution in [0.25, 0.3) is 0 Å². The number of carbonyl (C=O) groups is 1. The first-order valence-corrected chi connectivity index (χ1v) is 11.9. The van der Waals surface area contributed by atoms with Crippen LogP contribution in [0.3, 0.4) is 0 Å². The molecule has 0 aromatic carbocycles. The van der Waals surface area contributed by atoms with Gasteiger partial charge < -0.3 is 28.2 Å². The first-order valence-electron chi connectivity index (χ1n) is 8.98. The van der Waals surface area contributed by atoms with Crippen molar-refractivity contribution < 1.29 is 28.2 Å². The summed E-state index contributed by atoms with van der Waals surface area (Å²) in [5.74, 6) is -1.47. The molecule has 25 heavy (non-hydrogen) atoms. The summed E-state index contributed by atoms with van der Waals surface area (Å²) in [6.07, 6.45) is -1.10. The molecule has 4 atom stereocenters. The van der Waals surface area contributed by atoms with Crippen LogP contribution in [-0.2, 0) is 28.2 Å². The Morgan fingerprint density at radius 3 is 2.12 bits per heavy atom. The van der Waals surface area contributed by atoms with Gasteiger partial charge in [0.15, 0.2) is 19.9 Å². The Labute approximate surface area is 152 Å². The van der Waals surface area contributed by atoms with Gasteiger partial charge in [0.1, 0.15) is 30.7 Å². The summed E-state index contributed by atoms with van der Waals surface area (Å²) < 4.78 is 30.1. The van der Waals surface area contributed by atoms with Crippen molar-refractivity contribution in [2.45, 2.75) is 103 Å². The zero-order valence-corrected chi connectivity index (χ0v) is 18.0. The van der Waals surface area contributed by atoms with Crippen molar-refractivity contribution in [2.24, 2.45) is 0 Å². The van der Waals surface area contributed by atoms with Gasteiger partial charge in [0, 0.05) is 0 Å². The summed E-state index contributed by atoms with van der Waals surface area (Å²) in [4.78, 5) is 11.9. The molecule has 2 aliphatic rings. The van der Waals surface area contributed by atoms with Crippen LogP contribution in [0.5, 0.6) is 0 Å². The Morgan fingerprint density at radius 2 is 1.68 bits per heavy atom. The van der Waals surface area contributed by atoms with E-state index in [4.69, 9.17) is 23.4 Å². The second-order valence-corrected chi connectivity index (χ2v) is 14.2. The summed E-state index contributed by atoms with van der Waals surface area (Å²) in [6.45, 7) is 18.5. The largest absolute Gasteiger partial charge is 0.404 e. The zero-order chi connectivity index (χ0) is 19.3. The van der Waals surface area contributed by atoms with Crippen LogP contribution in [0.4, 0.5) is 0 Å². The summed E-state index contributed by atoms with van der Waals surface area (Å²) >= 11 is 0. The van der Waals surface area contributed by atoms with Gasteiger partial charge in [-0.25, -0.2) is 0 Å². The predicted molar refractivity (Wildman–Crippen MR) is 96.9 cm³/mol. The van der Waals surface area contributed by atoms with Gasteiger partial charge in [-0.3, -0.25) is 0 Å². The Morgan fingerprint density at radius 1 is 1.08 bits per heavy atom. The number of hydrogen-bond donors (Lipinski definition) is 0. The lowest BCUT2D eigenvalue weighted by atomic mass is 10.0. The third kappa shape index (κ3) is 4.70. The van der Waals surface area contributed by atoms with Crippen LogP contribution in [0.2, 0.25) is 18.1 Å². The molecule has 0 bridgehead atoms. The van der Waals surface area contributed by atoms with E-state index in [1.54, 1.807) is 0 Å². The van der Waals surface area contributed by atoms with E-state index in [0.29, 0.717) is 6.61 Å². The molecule has 0 saturated carbocycles. The number of carbonyl (C=O) groups excluding carboxylic acids is 1. The summed E-state index contributed by atoms with van der Waals surface area (Å²) in [5, 5.41) is -0.00625. The van der Waals surface area contributed by atoms with Crippen molar-refractivity contribution in [3.05, 3.63) is 0 Å². The molecule has 2 fully saturated rings. The number of ether oxygens (including phenoxy) is 4. The Balaban J connectivity index is 2.21. The maximum atomic E-state index is 11.9. The molecular weight excluding hydrogens is 340 g/mol. The van der Waals surface area contributed by atoms with Crippen molar-refractivity contribution in [1.29, 1.82) is 0 Å². The molecule has 2 heterocycles. The number of aldehydes is 1. The fourth-order valence-corrected chi connectivity index (χ4v) is 4.15. The second kappa shape index (κ2) is 6.69. The lowest BCUT2D eigenvalue weighted by molar-refractivity contribution is -0.175. The molecule has 146 valence electrons. The van der Waals surface area contributed by atoms with Crippen molar-refractivity contribution >= 4 is 14.6 Å². The quantitative estimate of drug-likeness (QED) is 0.544. The highest BCUT2D eigenvalue weighted by Gasteiger charge is 2.54. The molecule has 2 saturated heterocycles. The van der Waals surface area contributed by atoms with Gasteiger partial charge in [-0.05, 0) is 45.8 Å². The zero-order valence-electron chi connectivity index (χ0n) is 17.0. The van der Waals surface area contributed by atoms with Gasteiger partial charge >= 0.3 is 0 Å². The van der Waals surface area contributed by atoms with Crippen molar-refractivity contribution in [3.8, 4) is 0 Å². The van der Waals surface area contributed by atoms with Gasteiger partial charge in [0.05, 0.1) is 6.61 Å². The predicted octanol–water partition coefficient (Wildman–Crippen LogP) is 3.25. The molecule has 0 aliphatic carbocycles. The van der Waals surface area contributed by atoms with E-state index in [9.17, 15) is 4.79 Å². The average molecular weight is 375 g/mol. The molecule has 0 N–H and O–H groups in total. The van der Waals surface area contributed by atoms with E-state index < -0.39 is 38.2 Å². The van der Waals surface area contributed by atoms with Crippen LogP contribution in [0, 0.1) is 0 Å². The maximum Gasteiger partial charge on any atom is 0.193 e. The Bertz CT molecular complexity index is 496. The third-order valence-corrected chi connectivity index (χ3v) is 9.73.